The summed E-state index contributed by atoms with van der Waals surface area (Å²) in [7, 11) is 0. The molecule has 1 unspecified atom stereocenters. The molecule has 2 aromatic rings. The molecule has 1 aromatic carbocycles. The van der Waals surface area contributed by atoms with Crippen molar-refractivity contribution in [1.29, 1.82) is 0 Å². The maximum Gasteiger partial charge on any atom is 0.434 e. The maximum atomic E-state index is 14.8. The van der Waals surface area contributed by atoms with E-state index in [1.807, 2.05) is 0 Å². The molecule has 33 heavy (non-hydrogen) atoms. The summed E-state index contributed by atoms with van der Waals surface area (Å²) in [5.74, 6) is -1.55. The number of morpholine rings is 1. The van der Waals surface area contributed by atoms with Crippen LogP contribution in [-0.2, 0) is 15.7 Å². The van der Waals surface area contributed by atoms with Gasteiger partial charge in [0.1, 0.15) is 23.2 Å². The van der Waals surface area contributed by atoms with E-state index in [0.717, 1.165) is 6.07 Å². The lowest BCUT2D eigenvalue weighted by Crippen LogP contribution is -2.44. The SMILES string of the molecule is CC(C)(C)OC(=O)N1CCOC(c2ccc(NC(=O)c3cnc(C(F)(F)F)cn3)cc2F)C1. The summed E-state index contributed by atoms with van der Waals surface area (Å²) in [6.07, 6.45) is -4.82. The normalized spacial score (nSPS) is 16.9. The number of nitrogens with zero attached hydrogens (tertiary/aromatic N) is 3. The van der Waals surface area contributed by atoms with E-state index in [2.05, 4.69) is 15.3 Å². The number of hydrogen-bond donors (Lipinski definition) is 1. The predicted octanol–water partition coefficient (Wildman–Crippen LogP) is 4.20. The smallest absolute Gasteiger partial charge is 0.434 e. The van der Waals surface area contributed by atoms with Crippen LogP contribution in [-0.4, -0.2) is 52.2 Å². The zero-order chi connectivity index (χ0) is 24.4. The molecular weight excluding hydrogens is 448 g/mol. The molecule has 1 aliphatic rings. The number of carbonyl (C=O) groups is 2. The number of carbonyl (C=O) groups excluding carboxylic acids is 2. The van der Waals surface area contributed by atoms with Crippen LogP contribution < -0.4 is 5.32 Å². The lowest BCUT2D eigenvalue weighted by molar-refractivity contribution is -0.141. The van der Waals surface area contributed by atoms with Gasteiger partial charge in [-0.3, -0.25) is 4.79 Å². The number of rotatable bonds is 3. The summed E-state index contributed by atoms with van der Waals surface area (Å²) in [6.45, 7) is 5.80. The van der Waals surface area contributed by atoms with E-state index in [0.29, 0.717) is 18.9 Å². The number of aromatic nitrogens is 2. The molecule has 0 spiro atoms. The van der Waals surface area contributed by atoms with Crippen LogP contribution in [0.3, 0.4) is 0 Å². The van der Waals surface area contributed by atoms with Crippen molar-refractivity contribution in [2.24, 2.45) is 0 Å². The largest absolute Gasteiger partial charge is 0.444 e. The number of alkyl halides is 3. The van der Waals surface area contributed by atoms with Gasteiger partial charge in [0.15, 0.2) is 5.69 Å². The molecule has 1 aliphatic heterocycles. The minimum absolute atomic E-state index is 0.0581. The number of ether oxygens (including phenoxy) is 2. The second kappa shape index (κ2) is 9.30. The van der Waals surface area contributed by atoms with Crippen molar-refractivity contribution in [3.8, 4) is 0 Å². The van der Waals surface area contributed by atoms with Crippen molar-refractivity contribution >= 4 is 17.7 Å². The molecule has 3 rings (SSSR count). The lowest BCUT2D eigenvalue weighted by atomic mass is 10.1. The van der Waals surface area contributed by atoms with Crippen molar-refractivity contribution in [2.45, 2.75) is 38.7 Å². The van der Waals surface area contributed by atoms with Gasteiger partial charge in [-0.1, -0.05) is 6.07 Å². The summed E-state index contributed by atoms with van der Waals surface area (Å²) in [5, 5.41) is 2.35. The molecule has 1 N–H and O–H groups in total. The summed E-state index contributed by atoms with van der Waals surface area (Å²) < 4.78 is 63.4. The first kappa shape index (κ1) is 24.4. The number of nitrogens with one attached hydrogen (secondary N) is 1. The van der Waals surface area contributed by atoms with Gasteiger partial charge in [0, 0.05) is 17.8 Å². The second-order valence-corrected chi connectivity index (χ2v) is 8.26. The molecule has 8 nitrogen and oxygen atoms in total. The Morgan fingerprint density at radius 3 is 2.48 bits per heavy atom. The highest BCUT2D eigenvalue weighted by atomic mass is 19.4. The van der Waals surface area contributed by atoms with Gasteiger partial charge in [0.25, 0.3) is 5.91 Å². The Bertz CT molecular complexity index is 1020. The molecule has 1 atom stereocenters. The van der Waals surface area contributed by atoms with Crippen molar-refractivity contribution in [2.75, 3.05) is 25.0 Å². The highest BCUT2D eigenvalue weighted by Crippen LogP contribution is 2.28. The Morgan fingerprint density at radius 1 is 1.18 bits per heavy atom. The molecule has 0 saturated carbocycles. The molecular formula is C21H22F4N4O4. The maximum absolute atomic E-state index is 14.8. The highest BCUT2D eigenvalue weighted by molar-refractivity contribution is 6.02. The Morgan fingerprint density at radius 2 is 1.91 bits per heavy atom. The molecule has 12 heteroatoms. The first-order chi connectivity index (χ1) is 15.3. The number of benzene rings is 1. The summed E-state index contributed by atoms with van der Waals surface area (Å²) in [4.78, 5) is 32.5. The van der Waals surface area contributed by atoms with Gasteiger partial charge in [-0.15, -0.1) is 0 Å². The topological polar surface area (TPSA) is 93.7 Å². The van der Waals surface area contributed by atoms with Crippen LogP contribution in [0, 0.1) is 5.82 Å². The first-order valence-electron chi connectivity index (χ1n) is 9.93. The molecule has 1 saturated heterocycles. The van der Waals surface area contributed by atoms with E-state index >= 15 is 0 Å². The lowest BCUT2D eigenvalue weighted by Gasteiger charge is -2.34. The van der Waals surface area contributed by atoms with Gasteiger partial charge < -0.3 is 19.7 Å². The zero-order valence-corrected chi connectivity index (χ0v) is 18.1. The number of amides is 2. The van der Waals surface area contributed by atoms with Crippen molar-refractivity contribution in [1.82, 2.24) is 14.9 Å². The van der Waals surface area contributed by atoms with Crippen molar-refractivity contribution < 1.29 is 36.6 Å². The standard InChI is InChI=1S/C21H22F4N4O4/c1-20(2,3)33-19(31)29-6-7-32-16(11-29)13-5-4-12(8-14(13)22)28-18(30)15-9-27-17(10-26-15)21(23,24)25/h4-5,8-10,16H,6-7,11H2,1-3H3,(H,28,30). The monoisotopic (exact) mass is 470 g/mol. The predicted molar refractivity (Wildman–Crippen MR) is 108 cm³/mol. The number of hydrogen-bond acceptors (Lipinski definition) is 6. The molecule has 1 fully saturated rings. The van der Waals surface area contributed by atoms with Crippen LogP contribution >= 0.6 is 0 Å². The quantitative estimate of drug-likeness (QED) is 0.676. The fraction of sp³-hybridized carbons (Fsp3) is 0.429. The van der Waals surface area contributed by atoms with E-state index in [1.54, 1.807) is 20.8 Å². The third-order valence-electron chi connectivity index (χ3n) is 4.50. The molecule has 0 bridgehead atoms. The molecule has 0 radical (unpaired) electrons. The number of anilines is 1. The third-order valence-corrected chi connectivity index (χ3v) is 4.50. The summed E-state index contributed by atoms with van der Waals surface area (Å²) >= 11 is 0. The Balaban J connectivity index is 1.67. The second-order valence-electron chi connectivity index (χ2n) is 8.26. The van der Waals surface area contributed by atoms with Crippen molar-refractivity contribution in [3.05, 3.63) is 53.4 Å². The Labute approximate surface area is 186 Å². The van der Waals surface area contributed by atoms with E-state index in [1.165, 1.54) is 17.0 Å². The van der Waals surface area contributed by atoms with Crippen LogP contribution in [0.5, 0.6) is 0 Å². The Kier molecular flexibility index (Phi) is 6.86. The molecule has 0 aliphatic carbocycles. The van der Waals surface area contributed by atoms with E-state index in [9.17, 15) is 27.2 Å². The van der Waals surface area contributed by atoms with Gasteiger partial charge in [-0.05, 0) is 32.9 Å². The van der Waals surface area contributed by atoms with E-state index in [4.69, 9.17) is 9.47 Å². The molecule has 2 amide bonds. The highest BCUT2D eigenvalue weighted by Gasteiger charge is 2.33. The van der Waals surface area contributed by atoms with Crippen LogP contribution in [0.2, 0.25) is 0 Å². The van der Waals surface area contributed by atoms with Gasteiger partial charge >= 0.3 is 12.3 Å². The summed E-state index contributed by atoms with van der Waals surface area (Å²) in [5.41, 5.74) is -2.04. The molecule has 2 heterocycles. The van der Waals surface area contributed by atoms with E-state index < -0.39 is 41.4 Å². The number of halogens is 4. The van der Waals surface area contributed by atoms with Crippen molar-refractivity contribution in [3.63, 3.8) is 0 Å². The van der Waals surface area contributed by atoms with Gasteiger partial charge in [-0.2, -0.15) is 13.2 Å². The van der Waals surface area contributed by atoms with Gasteiger partial charge in [0.2, 0.25) is 0 Å². The third kappa shape index (κ3) is 6.37. The Hall–Kier alpha value is -3.28. The van der Waals surface area contributed by atoms with E-state index in [-0.39, 0.29) is 30.1 Å². The fourth-order valence-electron chi connectivity index (χ4n) is 2.98. The molecule has 1 aromatic heterocycles. The van der Waals surface area contributed by atoms with Crippen LogP contribution in [0.25, 0.3) is 0 Å². The van der Waals surface area contributed by atoms with Crippen LogP contribution in [0.4, 0.5) is 28.0 Å². The zero-order valence-electron chi connectivity index (χ0n) is 18.1. The summed E-state index contributed by atoms with van der Waals surface area (Å²) in [6, 6.07) is 3.84. The fourth-order valence-corrected chi connectivity index (χ4v) is 2.98. The minimum atomic E-state index is -4.68. The average Bonchev–Trinajstić information content (AvgIpc) is 2.72. The van der Waals surface area contributed by atoms with Crippen LogP contribution in [0.15, 0.2) is 30.6 Å². The minimum Gasteiger partial charge on any atom is -0.444 e. The van der Waals surface area contributed by atoms with Gasteiger partial charge in [0.05, 0.1) is 25.5 Å². The first-order valence-corrected chi connectivity index (χ1v) is 9.93. The van der Waals surface area contributed by atoms with Crippen LogP contribution in [0.1, 0.15) is 48.6 Å². The molecule has 178 valence electrons. The average molecular weight is 470 g/mol. The van der Waals surface area contributed by atoms with Gasteiger partial charge in [-0.25, -0.2) is 19.2 Å².